The van der Waals surface area contributed by atoms with E-state index in [2.05, 4.69) is 5.32 Å². The SMILES string of the molecule is O=C(CC(=S)Nc1ccccc1-n1cccc1)c1ccccc1. The van der Waals surface area contributed by atoms with Crippen LogP contribution < -0.4 is 5.32 Å². The zero-order valence-corrected chi connectivity index (χ0v) is 13.3. The van der Waals surface area contributed by atoms with Crippen LogP contribution >= 0.6 is 12.2 Å². The lowest BCUT2D eigenvalue weighted by Crippen LogP contribution is -2.15. The molecule has 23 heavy (non-hydrogen) atoms. The van der Waals surface area contributed by atoms with Crippen LogP contribution in [0.15, 0.2) is 79.1 Å². The van der Waals surface area contributed by atoms with Gasteiger partial charge in [-0.15, -0.1) is 0 Å². The van der Waals surface area contributed by atoms with Crippen LogP contribution in [0.2, 0.25) is 0 Å². The minimum absolute atomic E-state index is 0.0153. The molecule has 1 heterocycles. The minimum Gasteiger partial charge on any atom is -0.348 e. The van der Waals surface area contributed by atoms with E-state index >= 15 is 0 Å². The molecule has 0 fully saturated rings. The number of hydrogen-bond acceptors (Lipinski definition) is 2. The zero-order valence-electron chi connectivity index (χ0n) is 12.5. The van der Waals surface area contributed by atoms with Gasteiger partial charge in [-0.05, 0) is 24.3 Å². The Morgan fingerprint density at radius 3 is 2.30 bits per heavy atom. The Kier molecular flexibility index (Phi) is 4.64. The number of carbonyl (C=O) groups excluding carboxylic acids is 1. The lowest BCUT2D eigenvalue weighted by Gasteiger charge is -2.13. The standard InChI is InChI=1S/C19H16N2OS/c22-18(15-8-2-1-3-9-15)14-19(23)20-16-10-4-5-11-17(16)21-12-6-7-13-21/h1-13H,14H2,(H,20,23). The molecule has 3 nitrogen and oxygen atoms in total. The first-order valence-electron chi connectivity index (χ1n) is 7.34. The summed E-state index contributed by atoms with van der Waals surface area (Å²) < 4.78 is 2.00. The van der Waals surface area contributed by atoms with Crippen LogP contribution in [0.5, 0.6) is 0 Å². The van der Waals surface area contributed by atoms with Crippen molar-refractivity contribution in [2.24, 2.45) is 0 Å². The Labute approximate surface area is 140 Å². The van der Waals surface area contributed by atoms with Crippen LogP contribution in [0.1, 0.15) is 16.8 Å². The molecule has 114 valence electrons. The van der Waals surface area contributed by atoms with Crippen molar-refractivity contribution in [3.63, 3.8) is 0 Å². The Morgan fingerprint density at radius 1 is 0.913 bits per heavy atom. The second-order valence-corrected chi connectivity index (χ2v) is 5.61. The van der Waals surface area contributed by atoms with Gasteiger partial charge in [-0.25, -0.2) is 0 Å². The first-order chi connectivity index (χ1) is 11.2. The lowest BCUT2D eigenvalue weighted by atomic mass is 10.1. The summed E-state index contributed by atoms with van der Waals surface area (Å²) in [7, 11) is 0. The summed E-state index contributed by atoms with van der Waals surface area (Å²) in [5.41, 5.74) is 2.55. The van der Waals surface area contributed by atoms with Crippen LogP contribution in [-0.2, 0) is 0 Å². The van der Waals surface area contributed by atoms with Crippen LogP contribution in [-0.4, -0.2) is 15.3 Å². The second-order valence-electron chi connectivity index (χ2n) is 5.12. The fourth-order valence-electron chi connectivity index (χ4n) is 2.37. The van der Waals surface area contributed by atoms with E-state index in [0.29, 0.717) is 10.6 Å². The highest BCUT2D eigenvalue weighted by molar-refractivity contribution is 7.80. The summed E-state index contributed by atoms with van der Waals surface area (Å²) in [4.78, 5) is 12.7. The Hall–Kier alpha value is -2.72. The fraction of sp³-hybridized carbons (Fsp3) is 0.0526. The third-order valence-electron chi connectivity index (χ3n) is 3.48. The number of nitrogens with one attached hydrogen (secondary N) is 1. The van der Waals surface area contributed by atoms with Crippen molar-refractivity contribution in [2.75, 3.05) is 5.32 Å². The Morgan fingerprint density at radius 2 is 1.57 bits per heavy atom. The molecule has 0 aliphatic rings. The quantitative estimate of drug-likeness (QED) is 0.555. The molecule has 2 aromatic carbocycles. The number of ketones is 1. The van der Waals surface area contributed by atoms with E-state index in [1.54, 1.807) is 12.1 Å². The van der Waals surface area contributed by atoms with Crippen LogP contribution in [0.3, 0.4) is 0 Å². The molecule has 0 aliphatic heterocycles. The van der Waals surface area contributed by atoms with Gasteiger partial charge < -0.3 is 9.88 Å². The summed E-state index contributed by atoms with van der Waals surface area (Å²) in [5, 5.41) is 3.19. The van der Waals surface area contributed by atoms with Gasteiger partial charge in [0.15, 0.2) is 5.78 Å². The fourth-order valence-corrected chi connectivity index (χ4v) is 2.61. The number of aromatic nitrogens is 1. The van der Waals surface area contributed by atoms with E-state index < -0.39 is 0 Å². The van der Waals surface area contributed by atoms with Gasteiger partial charge in [-0.2, -0.15) is 0 Å². The average molecular weight is 320 g/mol. The molecular weight excluding hydrogens is 304 g/mol. The number of rotatable bonds is 5. The highest BCUT2D eigenvalue weighted by Gasteiger charge is 2.10. The number of nitrogens with zero attached hydrogens (tertiary/aromatic N) is 1. The van der Waals surface area contributed by atoms with Crippen molar-refractivity contribution in [1.29, 1.82) is 0 Å². The number of anilines is 1. The molecule has 0 unspecified atom stereocenters. The second kappa shape index (κ2) is 7.03. The van der Waals surface area contributed by atoms with Gasteiger partial charge in [-0.1, -0.05) is 54.7 Å². The van der Waals surface area contributed by atoms with Crippen molar-refractivity contribution < 1.29 is 4.79 Å². The molecule has 1 N–H and O–H groups in total. The minimum atomic E-state index is 0.0153. The van der Waals surface area contributed by atoms with E-state index in [4.69, 9.17) is 12.2 Å². The summed E-state index contributed by atoms with van der Waals surface area (Å²) in [6, 6.07) is 21.0. The summed E-state index contributed by atoms with van der Waals surface area (Å²) >= 11 is 5.36. The third kappa shape index (κ3) is 3.73. The molecule has 0 amide bonds. The van der Waals surface area contributed by atoms with E-state index in [1.165, 1.54) is 0 Å². The molecule has 0 saturated carbocycles. The highest BCUT2D eigenvalue weighted by Crippen LogP contribution is 2.20. The molecule has 3 rings (SSSR count). The number of benzene rings is 2. The maximum absolute atomic E-state index is 12.2. The van der Waals surface area contributed by atoms with Gasteiger partial charge in [0, 0.05) is 18.0 Å². The first kappa shape index (κ1) is 15.2. The molecule has 1 aromatic heterocycles. The first-order valence-corrected chi connectivity index (χ1v) is 7.75. The molecule has 0 bridgehead atoms. The van der Waals surface area contributed by atoms with E-state index in [1.807, 2.05) is 71.6 Å². The zero-order chi connectivity index (χ0) is 16.1. The molecule has 3 aromatic rings. The molecule has 4 heteroatoms. The van der Waals surface area contributed by atoms with E-state index in [-0.39, 0.29) is 12.2 Å². The van der Waals surface area contributed by atoms with Gasteiger partial charge in [0.25, 0.3) is 0 Å². The van der Waals surface area contributed by atoms with Gasteiger partial charge in [0.05, 0.1) is 22.8 Å². The van der Waals surface area contributed by atoms with E-state index in [0.717, 1.165) is 11.4 Å². The maximum Gasteiger partial charge on any atom is 0.169 e. The van der Waals surface area contributed by atoms with Gasteiger partial charge >= 0.3 is 0 Å². The smallest absolute Gasteiger partial charge is 0.169 e. The van der Waals surface area contributed by atoms with Crippen LogP contribution in [0.25, 0.3) is 5.69 Å². The number of thiocarbonyl (C=S) groups is 1. The molecule has 0 spiro atoms. The lowest BCUT2D eigenvalue weighted by molar-refractivity contribution is 0.100. The third-order valence-corrected chi connectivity index (χ3v) is 3.72. The number of carbonyl (C=O) groups is 1. The van der Waals surface area contributed by atoms with Gasteiger partial charge in [0.1, 0.15) is 0 Å². The highest BCUT2D eigenvalue weighted by atomic mass is 32.1. The predicted molar refractivity (Wildman–Crippen MR) is 97.4 cm³/mol. The number of para-hydroxylation sites is 2. The summed E-state index contributed by atoms with van der Waals surface area (Å²) in [6.07, 6.45) is 4.14. The van der Waals surface area contributed by atoms with Crippen molar-refractivity contribution in [1.82, 2.24) is 4.57 Å². The Bertz CT molecular complexity index is 810. The molecule has 0 aliphatic carbocycles. The van der Waals surface area contributed by atoms with Crippen molar-refractivity contribution in [3.8, 4) is 5.69 Å². The van der Waals surface area contributed by atoms with Crippen molar-refractivity contribution in [2.45, 2.75) is 6.42 Å². The topological polar surface area (TPSA) is 34.0 Å². The van der Waals surface area contributed by atoms with Gasteiger partial charge in [0.2, 0.25) is 0 Å². The van der Waals surface area contributed by atoms with Crippen molar-refractivity contribution in [3.05, 3.63) is 84.7 Å². The molecular formula is C19H16N2OS. The van der Waals surface area contributed by atoms with Crippen LogP contribution in [0, 0.1) is 0 Å². The number of Topliss-reactive ketones (excluding diaryl/α,β-unsaturated/α-hetero) is 1. The van der Waals surface area contributed by atoms with Gasteiger partial charge in [-0.3, -0.25) is 4.79 Å². The monoisotopic (exact) mass is 320 g/mol. The number of hydrogen-bond donors (Lipinski definition) is 1. The predicted octanol–water partition coefficient (Wildman–Crippen LogP) is 4.49. The molecule has 0 saturated heterocycles. The normalized spacial score (nSPS) is 10.3. The summed E-state index contributed by atoms with van der Waals surface area (Å²) in [6.45, 7) is 0. The van der Waals surface area contributed by atoms with Crippen LogP contribution in [0.4, 0.5) is 5.69 Å². The average Bonchev–Trinajstić information content (AvgIpc) is 3.10. The van der Waals surface area contributed by atoms with E-state index in [9.17, 15) is 4.79 Å². The summed E-state index contributed by atoms with van der Waals surface area (Å²) in [5.74, 6) is 0.0153. The molecule has 0 atom stereocenters. The molecule has 0 radical (unpaired) electrons. The largest absolute Gasteiger partial charge is 0.348 e. The Balaban J connectivity index is 1.73. The van der Waals surface area contributed by atoms with Crippen molar-refractivity contribution >= 4 is 28.7 Å². The maximum atomic E-state index is 12.2.